The Morgan fingerprint density at radius 3 is 2.78 bits per heavy atom. The van der Waals surface area contributed by atoms with Gasteiger partial charge in [-0.05, 0) is 26.0 Å². The molecule has 1 heterocycles. The Bertz CT molecular complexity index is 465. The fourth-order valence-electron chi connectivity index (χ4n) is 1.77. The van der Waals surface area contributed by atoms with Crippen LogP contribution in [-0.2, 0) is 14.3 Å². The van der Waals surface area contributed by atoms with Crippen LogP contribution in [0.25, 0.3) is 6.08 Å². The number of benzene rings is 1. The minimum atomic E-state index is -0.691. The second kappa shape index (κ2) is 5.69. The van der Waals surface area contributed by atoms with Crippen molar-refractivity contribution in [1.82, 2.24) is 0 Å². The molecule has 1 aliphatic heterocycles. The van der Waals surface area contributed by atoms with Gasteiger partial charge in [-0.2, -0.15) is 0 Å². The lowest BCUT2D eigenvalue weighted by molar-refractivity contribution is -0.143. The van der Waals surface area contributed by atoms with E-state index in [-0.39, 0.29) is 0 Å². The smallest absolute Gasteiger partial charge is 0.340 e. The van der Waals surface area contributed by atoms with Crippen LogP contribution < -0.4 is 4.74 Å². The van der Waals surface area contributed by atoms with Crippen LogP contribution in [0.3, 0.4) is 0 Å². The minimum Gasteiger partial charge on any atom is -0.462 e. The molecule has 1 atom stereocenters. The van der Waals surface area contributed by atoms with Crippen molar-refractivity contribution >= 4 is 12.0 Å². The highest BCUT2D eigenvalue weighted by molar-refractivity contribution is 5.95. The topological polar surface area (TPSA) is 44.8 Å². The van der Waals surface area contributed by atoms with Crippen LogP contribution in [0.15, 0.2) is 29.8 Å². The number of para-hydroxylation sites is 1. The van der Waals surface area contributed by atoms with Gasteiger partial charge in [0.25, 0.3) is 0 Å². The maximum absolute atomic E-state index is 11.8. The summed E-state index contributed by atoms with van der Waals surface area (Å²) in [6.45, 7) is 4.42. The third kappa shape index (κ3) is 2.54. The summed E-state index contributed by atoms with van der Waals surface area (Å²) in [7, 11) is 0. The van der Waals surface area contributed by atoms with E-state index in [9.17, 15) is 4.79 Å². The van der Waals surface area contributed by atoms with E-state index < -0.39 is 12.3 Å². The van der Waals surface area contributed by atoms with Crippen LogP contribution >= 0.6 is 0 Å². The number of carbonyl (C=O) groups excluding carboxylic acids is 1. The molecule has 96 valence electrons. The lowest BCUT2D eigenvalue weighted by Gasteiger charge is -2.25. The van der Waals surface area contributed by atoms with Gasteiger partial charge >= 0.3 is 5.97 Å². The lowest BCUT2D eigenvalue weighted by Crippen LogP contribution is -2.31. The normalized spacial score (nSPS) is 17.4. The summed E-state index contributed by atoms with van der Waals surface area (Å²) in [5.74, 6) is 0.314. The summed E-state index contributed by atoms with van der Waals surface area (Å²) >= 11 is 0. The molecule has 4 nitrogen and oxygen atoms in total. The van der Waals surface area contributed by atoms with Crippen molar-refractivity contribution in [2.75, 3.05) is 13.2 Å². The quantitative estimate of drug-likeness (QED) is 0.767. The van der Waals surface area contributed by atoms with Gasteiger partial charge in [0.2, 0.25) is 6.29 Å². The van der Waals surface area contributed by atoms with E-state index in [0.717, 1.165) is 5.56 Å². The van der Waals surface area contributed by atoms with E-state index in [1.807, 2.05) is 31.2 Å². The summed E-state index contributed by atoms with van der Waals surface area (Å²) in [5, 5.41) is 0. The van der Waals surface area contributed by atoms with Gasteiger partial charge in [-0.15, -0.1) is 0 Å². The van der Waals surface area contributed by atoms with Crippen molar-refractivity contribution in [1.29, 1.82) is 0 Å². The SMILES string of the molecule is CCOC(=O)C1=Cc2ccccc2O[C@@H]1OCC. The number of ether oxygens (including phenoxy) is 3. The Morgan fingerprint density at radius 1 is 1.28 bits per heavy atom. The molecule has 0 aliphatic carbocycles. The van der Waals surface area contributed by atoms with E-state index in [4.69, 9.17) is 14.2 Å². The van der Waals surface area contributed by atoms with Gasteiger partial charge in [0.1, 0.15) is 11.3 Å². The van der Waals surface area contributed by atoms with Crippen molar-refractivity contribution in [3.63, 3.8) is 0 Å². The summed E-state index contributed by atoms with van der Waals surface area (Å²) < 4.78 is 16.1. The van der Waals surface area contributed by atoms with Gasteiger partial charge in [0.05, 0.1) is 6.61 Å². The number of hydrogen-bond acceptors (Lipinski definition) is 4. The number of fused-ring (bicyclic) bond motifs is 1. The van der Waals surface area contributed by atoms with Gasteiger partial charge in [-0.25, -0.2) is 4.79 Å². The summed E-state index contributed by atoms with van der Waals surface area (Å²) in [4.78, 5) is 11.8. The Morgan fingerprint density at radius 2 is 2.06 bits per heavy atom. The minimum absolute atomic E-state index is 0.330. The summed E-state index contributed by atoms with van der Waals surface area (Å²) in [6.07, 6.45) is 1.07. The highest BCUT2D eigenvalue weighted by atomic mass is 16.7. The number of rotatable bonds is 4. The maximum atomic E-state index is 11.8. The second-order valence-electron chi connectivity index (χ2n) is 3.76. The molecule has 0 fully saturated rings. The molecule has 0 spiro atoms. The zero-order valence-electron chi connectivity index (χ0n) is 10.5. The first-order valence-corrected chi connectivity index (χ1v) is 6.02. The van der Waals surface area contributed by atoms with Crippen molar-refractivity contribution in [3.8, 4) is 5.75 Å². The molecule has 0 unspecified atom stereocenters. The molecule has 1 aliphatic rings. The van der Waals surface area contributed by atoms with E-state index in [1.165, 1.54) is 0 Å². The van der Waals surface area contributed by atoms with Gasteiger partial charge in [-0.1, -0.05) is 18.2 Å². The van der Waals surface area contributed by atoms with Crippen molar-refractivity contribution < 1.29 is 19.0 Å². The molecule has 1 aromatic carbocycles. The van der Waals surface area contributed by atoms with Crippen LogP contribution in [0.1, 0.15) is 19.4 Å². The molecule has 0 bridgehead atoms. The Balaban J connectivity index is 2.32. The highest BCUT2D eigenvalue weighted by Crippen LogP contribution is 2.30. The predicted molar refractivity (Wildman–Crippen MR) is 67.1 cm³/mol. The first-order valence-electron chi connectivity index (χ1n) is 6.02. The average molecular weight is 248 g/mol. The van der Waals surface area contributed by atoms with Crippen molar-refractivity contribution in [2.45, 2.75) is 20.1 Å². The highest BCUT2D eigenvalue weighted by Gasteiger charge is 2.28. The Hall–Kier alpha value is -1.81. The van der Waals surface area contributed by atoms with Crippen LogP contribution in [0.2, 0.25) is 0 Å². The zero-order chi connectivity index (χ0) is 13.0. The molecule has 4 heteroatoms. The van der Waals surface area contributed by atoms with Gasteiger partial charge in [0.15, 0.2) is 0 Å². The van der Waals surface area contributed by atoms with Crippen LogP contribution in [0, 0.1) is 0 Å². The third-order valence-electron chi connectivity index (χ3n) is 2.55. The summed E-state index contributed by atoms with van der Waals surface area (Å²) in [6, 6.07) is 7.50. The lowest BCUT2D eigenvalue weighted by atomic mass is 10.1. The van der Waals surface area contributed by atoms with Crippen LogP contribution in [-0.4, -0.2) is 25.5 Å². The Labute approximate surface area is 106 Å². The molecule has 0 radical (unpaired) electrons. The standard InChI is InChI=1S/C14H16O4/c1-3-16-13(15)11-9-10-7-5-6-8-12(10)18-14(11)17-4-2/h5-9,14H,3-4H2,1-2H3/t14-/m0/s1. The monoisotopic (exact) mass is 248 g/mol. The van der Waals surface area contributed by atoms with Gasteiger partial charge in [-0.3, -0.25) is 0 Å². The van der Waals surface area contributed by atoms with Crippen molar-refractivity contribution in [2.24, 2.45) is 0 Å². The molecular weight excluding hydrogens is 232 g/mol. The molecular formula is C14H16O4. The van der Waals surface area contributed by atoms with Crippen LogP contribution in [0.5, 0.6) is 5.75 Å². The molecule has 0 saturated heterocycles. The fraction of sp³-hybridized carbons (Fsp3) is 0.357. The maximum Gasteiger partial charge on any atom is 0.340 e. The predicted octanol–water partition coefficient (Wildman–Crippen LogP) is 2.39. The molecule has 0 aromatic heterocycles. The van der Waals surface area contributed by atoms with E-state index in [2.05, 4.69) is 0 Å². The van der Waals surface area contributed by atoms with Gasteiger partial charge < -0.3 is 14.2 Å². The average Bonchev–Trinajstić information content (AvgIpc) is 2.38. The first-order chi connectivity index (χ1) is 8.76. The molecule has 1 aromatic rings. The second-order valence-corrected chi connectivity index (χ2v) is 3.76. The summed E-state index contributed by atoms with van der Waals surface area (Å²) in [5.41, 5.74) is 1.26. The molecule has 0 saturated carbocycles. The fourth-order valence-corrected chi connectivity index (χ4v) is 1.77. The van der Waals surface area contributed by atoms with Crippen molar-refractivity contribution in [3.05, 3.63) is 35.4 Å². The largest absolute Gasteiger partial charge is 0.462 e. The zero-order valence-corrected chi connectivity index (χ0v) is 10.5. The molecule has 2 rings (SSSR count). The molecule has 0 amide bonds. The number of hydrogen-bond donors (Lipinski definition) is 0. The van der Waals surface area contributed by atoms with Gasteiger partial charge in [0, 0.05) is 12.2 Å². The Kier molecular flexibility index (Phi) is 3.99. The molecule has 18 heavy (non-hydrogen) atoms. The number of carbonyl (C=O) groups is 1. The first kappa shape index (κ1) is 12.6. The number of esters is 1. The molecule has 0 N–H and O–H groups in total. The van der Waals surface area contributed by atoms with Crippen LogP contribution in [0.4, 0.5) is 0 Å². The van der Waals surface area contributed by atoms with E-state index in [0.29, 0.717) is 24.5 Å². The van der Waals surface area contributed by atoms with E-state index in [1.54, 1.807) is 13.0 Å². The third-order valence-corrected chi connectivity index (χ3v) is 2.55. The van der Waals surface area contributed by atoms with E-state index >= 15 is 0 Å².